The molecule has 4 nitrogen and oxygen atoms in total. The zero-order chi connectivity index (χ0) is 10.3. The fraction of sp³-hybridized carbons (Fsp3) is 0.364. The second-order valence-corrected chi connectivity index (χ2v) is 4.08. The smallest absolute Gasteiger partial charge is 0.132 e. The largest absolute Gasteiger partial charge is 0.506 e. The Kier molecular flexibility index (Phi) is 1.89. The lowest BCUT2D eigenvalue weighted by molar-refractivity contribution is 0.340. The summed E-state index contributed by atoms with van der Waals surface area (Å²) in [4.78, 5) is 4.38. The number of hydrogen-bond donors (Lipinski definition) is 2. The molecule has 0 atom stereocenters. The molecule has 78 valence electrons. The van der Waals surface area contributed by atoms with E-state index in [-0.39, 0.29) is 5.75 Å². The standard InChI is InChI=1S/C11H13N3O/c15-10-2-1-9-6-13-11(14(9)7-10)3-8-4-12-5-8/h1-2,6-8,12,15H,3-5H2. The number of nitrogens with zero attached hydrogens (tertiary/aromatic N) is 2. The molecule has 3 heterocycles. The molecule has 0 saturated carbocycles. The Balaban J connectivity index is 1.98. The van der Waals surface area contributed by atoms with Crippen molar-refractivity contribution < 1.29 is 5.11 Å². The van der Waals surface area contributed by atoms with Gasteiger partial charge in [0.25, 0.3) is 0 Å². The van der Waals surface area contributed by atoms with E-state index in [1.54, 1.807) is 12.3 Å². The van der Waals surface area contributed by atoms with Gasteiger partial charge < -0.3 is 14.8 Å². The van der Waals surface area contributed by atoms with E-state index in [0.717, 1.165) is 30.9 Å². The Bertz CT molecular complexity index is 488. The van der Waals surface area contributed by atoms with Crippen molar-refractivity contribution in [1.82, 2.24) is 14.7 Å². The molecule has 0 radical (unpaired) electrons. The summed E-state index contributed by atoms with van der Waals surface area (Å²) in [6.45, 7) is 2.15. The molecule has 0 aromatic carbocycles. The van der Waals surface area contributed by atoms with Gasteiger partial charge in [-0.3, -0.25) is 0 Å². The van der Waals surface area contributed by atoms with Crippen LogP contribution in [0, 0.1) is 5.92 Å². The fourth-order valence-electron chi connectivity index (χ4n) is 1.93. The molecule has 0 amide bonds. The Morgan fingerprint density at radius 2 is 2.33 bits per heavy atom. The quantitative estimate of drug-likeness (QED) is 0.759. The van der Waals surface area contributed by atoms with Gasteiger partial charge in [-0.1, -0.05) is 0 Å². The highest BCUT2D eigenvalue weighted by Gasteiger charge is 2.19. The minimum Gasteiger partial charge on any atom is -0.506 e. The molecule has 3 rings (SSSR count). The molecule has 2 aromatic rings. The highest BCUT2D eigenvalue weighted by atomic mass is 16.3. The van der Waals surface area contributed by atoms with Crippen LogP contribution in [0.25, 0.3) is 5.52 Å². The van der Waals surface area contributed by atoms with E-state index < -0.39 is 0 Å². The van der Waals surface area contributed by atoms with Gasteiger partial charge in [-0.15, -0.1) is 0 Å². The molecular weight excluding hydrogens is 190 g/mol. The molecule has 2 aromatic heterocycles. The first kappa shape index (κ1) is 8.73. The molecule has 2 N–H and O–H groups in total. The van der Waals surface area contributed by atoms with Crippen LogP contribution in [0.15, 0.2) is 24.5 Å². The highest BCUT2D eigenvalue weighted by molar-refractivity contribution is 5.48. The van der Waals surface area contributed by atoms with Crippen molar-refractivity contribution in [2.45, 2.75) is 6.42 Å². The summed E-state index contributed by atoms with van der Waals surface area (Å²) in [5.74, 6) is 2.01. The van der Waals surface area contributed by atoms with Crippen LogP contribution in [0.4, 0.5) is 0 Å². The molecule has 1 fully saturated rings. The summed E-state index contributed by atoms with van der Waals surface area (Å²) >= 11 is 0. The average Bonchev–Trinajstić information content (AvgIpc) is 2.54. The number of aromatic hydroxyl groups is 1. The zero-order valence-corrected chi connectivity index (χ0v) is 8.35. The Morgan fingerprint density at radius 1 is 1.47 bits per heavy atom. The molecule has 4 heteroatoms. The van der Waals surface area contributed by atoms with Crippen molar-refractivity contribution in [2.24, 2.45) is 5.92 Å². The van der Waals surface area contributed by atoms with E-state index >= 15 is 0 Å². The Hall–Kier alpha value is -1.55. The molecule has 15 heavy (non-hydrogen) atoms. The number of aromatic nitrogens is 2. The first-order valence-corrected chi connectivity index (χ1v) is 5.18. The Morgan fingerprint density at radius 3 is 3.07 bits per heavy atom. The first-order valence-electron chi connectivity index (χ1n) is 5.18. The maximum atomic E-state index is 9.42. The van der Waals surface area contributed by atoms with Crippen molar-refractivity contribution in [1.29, 1.82) is 0 Å². The van der Waals surface area contributed by atoms with E-state index in [1.807, 2.05) is 16.7 Å². The van der Waals surface area contributed by atoms with Crippen LogP contribution in [-0.2, 0) is 6.42 Å². The van der Waals surface area contributed by atoms with E-state index in [2.05, 4.69) is 10.3 Å². The lowest BCUT2D eigenvalue weighted by atomic mass is 9.99. The predicted molar refractivity (Wildman–Crippen MR) is 56.9 cm³/mol. The van der Waals surface area contributed by atoms with Crippen LogP contribution in [0.3, 0.4) is 0 Å². The highest BCUT2D eigenvalue weighted by Crippen LogP contribution is 2.17. The molecule has 0 bridgehead atoms. The SMILES string of the molecule is Oc1ccc2cnc(CC3CNC3)n2c1. The molecule has 1 aliphatic rings. The van der Waals surface area contributed by atoms with Crippen LogP contribution in [0.1, 0.15) is 5.82 Å². The van der Waals surface area contributed by atoms with Gasteiger partial charge in [0.2, 0.25) is 0 Å². The van der Waals surface area contributed by atoms with E-state index in [9.17, 15) is 5.11 Å². The third-order valence-corrected chi connectivity index (χ3v) is 2.93. The lowest BCUT2D eigenvalue weighted by Crippen LogP contribution is -2.43. The first-order chi connectivity index (χ1) is 7.33. The maximum Gasteiger partial charge on any atom is 0.132 e. The van der Waals surface area contributed by atoms with Crippen molar-refractivity contribution in [3.63, 3.8) is 0 Å². The van der Waals surface area contributed by atoms with Gasteiger partial charge in [0.05, 0.1) is 17.9 Å². The number of pyridine rings is 1. The third kappa shape index (κ3) is 1.47. The number of hydrogen-bond acceptors (Lipinski definition) is 3. The van der Waals surface area contributed by atoms with Gasteiger partial charge in [-0.25, -0.2) is 4.98 Å². The zero-order valence-electron chi connectivity index (χ0n) is 8.35. The molecule has 1 saturated heterocycles. The summed E-state index contributed by atoms with van der Waals surface area (Å²) in [5, 5.41) is 12.7. The topological polar surface area (TPSA) is 49.6 Å². The van der Waals surface area contributed by atoms with Gasteiger partial charge in [-0.05, 0) is 31.1 Å². The summed E-state index contributed by atoms with van der Waals surface area (Å²) in [5.41, 5.74) is 1.04. The minimum absolute atomic E-state index is 0.286. The van der Waals surface area contributed by atoms with Crippen LogP contribution in [0.5, 0.6) is 5.75 Å². The van der Waals surface area contributed by atoms with E-state index in [4.69, 9.17) is 0 Å². The second-order valence-electron chi connectivity index (χ2n) is 4.08. The Labute approximate surface area is 87.6 Å². The van der Waals surface area contributed by atoms with E-state index in [1.165, 1.54) is 0 Å². The number of imidazole rings is 1. The average molecular weight is 203 g/mol. The van der Waals surface area contributed by atoms with Crippen LogP contribution in [0.2, 0.25) is 0 Å². The minimum atomic E-state index is 0.286. The lowest BCUT2D eigenvalue weighted by Gasteiger charge is -2.26. The van der Waals surface area contributed by atoms with Crippen molar-refractivity contribution in [3.8, 4) is 5.75 Å². The van der Waals surface area contributed by atoms with Crippen LogP contribution in [-0.4, -0.2) is 27.6 Å². The van der Waals surface area contributed by atoms with Gasteiger partial charge in [0.1, 0.15) is 11.6 Å². The molecule has 1 aliphatic heterocycles. The molecule has 0 spiro atoms. The number of nitrogens with one attached hydrogen (secondary N) is 1. The van der Waals surface area contributed by atoms with Crippen molar-refractivity contribution >= 4 is 5.52 Å². The van der Waals surface area contributed by atoms with Crippen LogP contribution >= 0.6 is 0 Å². The third-order valence-electron chi connectivity index (χ3n) is 2.93. The normalized spacial score (nSPS) is 16.8. The number of rotatable bonds is 2. The van der Waals surface area contributed by atoms with Gasteiger partial charge in [-0.2, -0.15) is 0 Å². The fourth-order valence-corrected chi connectivity index (χ4v) is 1.93. The van der Waals surface area contributed by atoms with E-state index in [0.29, 0.717) is 5.92 Å². The van der Waals surface area contributed by atoms with Gasteiger partial charge in [0.15, 0.2) is 0 Å². The maximum absolute atomic E-state index is 9.42. The second kappa shape index (κ2) is 3.24. The summed E-state index contributed by atoms with van der Waals surface area (Å²) in [7, 11) is 0. The van der Waals surface area contributed by atoms with Crippen LogP contribution < -0.4 is 5.32 Å². The molecule has 0 unspecified atom stereocenters. The van der Waals surface area contributed by atoms with Gasteiger partial charge >= 0.3 is 0 Å². The monoisotopic (exact) mass is 203 g/mol. The predicted octanol–water partition coefficient (Wildman–Crippen LogP) is 0.802. The summed E-state index contributed by atoms with van der Waals surface area (Å²) in [6, 6.07) is 3.57. The molecule has 0 aliphatic carbocycles. The summed E-state index contributed by atoms with van der Waals surface area (Å²) < 4.78 is 1.97. The van der Waals surface area contributed by atoms with Crippen molar-refractivity contribution in [2.75, 3.05) is 13.1 Å². The van der Waals surface area contributed by atoms with Gasteiger partial charge in [0, 0.05) is 6.42 Å². The number of fused-ring (bicyclic) bond motifs is 1. The molecular formula is C11H13N3O. The summed E-state index contributed by atoms with van der Waals surface area (Å²) in [6.07, 6.45) is 4.55. The van der Waals surface area contributed by atoms with Crippen molar-refractivity contribution in [3.05, 3.63) is 30.4 Å².